The van der Waals surface area contributed by atoms with Gasteiger partial charge in [-0.15, -0.1) is 10.2 Å². The Morgan fingerprint density at radius 2 is 1.92 bits per heavy atom. The molecule has 1 saturated heterocycles. The highest BCUT2D eigenvalue weighted by atomic mass is 35.5. The number of aliphatic hydroxyl groups is 1. The Hall–Kier alpha value is -1.86. The van der Waals surface area contributed by atoms with Gasteiger partial charge in [0.15, 0.2) is 5.15 Å². The summed E-state index contributed by atoms with van der Waals surface area (Å²) < 4.78 is 7.29. The predicted molar refractivity (Wildman–Crippen MR) is 94.5 cm³/mol. The summed E-state index contributed by atoms with van der Waals surface area (Å²) in [6.45, 7) is 6.38. The molecule has 1 aliphatic heterocycles. The molecule has 3 heterocycles. The summed E-state index contributed by atoms with van der Waals surface area (Å²) in [6.07, 6.45) is 0.513. The molecule has 0 spiro atoms. The van der Waals surface area contributed by atoms with E-state index < -0.39 is 11.2 Å². The highest BCUT2D eigenvalue weighted by molar-refractivity contribution is 6.29. The second kappa shape index (κ2) is 6.14. The molecule has 1 fully saturated rings. The number of likely N-dealkylation sites (tertiary alicyclic amines) is 1. The van der Waals surface area contributed by atoms with E-state index in [1.54, 1.807) is 11.0 Å². The molecule has 25 heavy (non-hydrogen) atoms. The maximum absolute atomic E-state index is 12.2. The average Bonchev–Trinajstić information content (AvgIpc) is 2.84. The van der Waals surface area contributed by atoms with Crippen molar-refractivity contribution in [2.24, 2.45) is 7.05 Å². The molecule has 136 valence electrons. The molecule has 8 heteroatoms. The van der Waals surface area contributed by atoms with Crippen LogP contribution in [-0.2, 0) is 17.4 Å². The van der Waals surface area contributed by atoms with Crippen molar-refractivity contribution in [2.45, 2.75) is 44.8 Å². The van der Waals surface area contributed by atoms with E-state index in [4.69, 9.17) is 16.3 Å². The number of hydrogen-bond acceptors (Lipinski definition) is 5. The van der Waals surface area contributed by atoms with Gasteiger partial charge in [-0.1, -0.05) is 11.6 Å². The standard InChI is InChI=1S/C17H23ClN4O3/c1-16(2,3)25-15(23)22-7-5-17(24,6-8-22)13-9-11-12(21(13)4)10-14(18)20-19-11/h9-10,24H,5-8H2,1-4H3. The van der Waals surface area contributed by atoms with Crippen molar-refractivity contribution in [3.63, 3.8) is 0 Å². The van der Waals surface area contributed by atoms with Crippen molar-refractivity contribution >= 4 is 28.7 Å². The lowest BCUT2D eigenvalue weighted by Crippen LogP contribution is -2.47. The first-order chi connectivity index (χ1) is 11.6. The number of fused-ring (bicyclic) bond motifs is 1. The maximum Gasteiger partial charge on any atom is 0.410 e. The van der Waals surface area contributed by atoms with Gasteiger partial charge in [-0.3, -0.25) is 0 Å². The van der Waals surface area contributed by atoms with Crippen molar-refractivity contribution in [3.05, 3.63) is 23.0 Å². The third-order valence-electron chi connectivity index (χ3n) is 4.49. The van der Waals surface area contributed by atoms with Crippen LogP contribution in [0.4, 0.5) is 4.79 Å². The Morgan fingerprint density at radius 3 is 2.52 bits per heavy atom. The molecular weight excluding hydrogens is 344 g/mol. The fraction of sp³-hybridized carbons (Fsp3) is 0.588. The van der Waals surface area contributed by atoms with Gasteiger partial charge >= 0.3 is 6.09 Å². The van der Waals surface area contributed by atoms with Crippen molar-refractivity contribution in [1.82, 2.24) is 19.7 Å². The highest BCUT2D eigenvalue weighted by Crippen LogP contribution is 2.35. The summed E-state index contributed by atoms with van der Waals surface area (Å²) in [6, 6.07) is 3.56. The lowest BCUT2D eigenvalue weighted by Gasteiger charge is -2.38. The Bertz CT molecular complexity index is 804. The summed E-state index contributed by atoms with van der Waals surface area (Å²) in [4.78, 5) is 13.8. The van der Waals surface area contributed by atoms with Crippen LogP contribution in [0.15, 0.2) is 12.1 Å². The number of hydrogen-bond donors (Lipinski definition) is 1. The number of aromatic nitrogens is 3. The van der Waals surface area contributed by atoms with E-state index in [2.05, 4.69) is 10.2 Å². The van der Waals surface area contributed by atoms with Crippen molar-refractivity contribution in [3.8, 4) is 0 Å². The van der Waals surface area contributed by atoms with Crippen molar-refractivity contribution in [1.29, 1.82) is 0 Å². The van der Waals surface area contributed by atoms with Crippen LogP contribution in [0.3, 0.4) is 0 Å². The molecule has 7 nitrogen and oxygen atoms in total. The molecule has 0 aliphatic carbocycles. The van der Waals surface area contributed by atoms with Gasteiger partial charge in [-0.25, -0.2) is 4.79 Å². The number of carbonyl (C=O) groups excluding carboxylic acids is 1. The molecule has 0 aromatic carbocycles. The third-order valence-corrected chi connectivity index (χ3v) is 4.67. The quantitative estimate of drug-likeness (QED) is 0.839. The number of piperidine rings is 1. The number of aryl methyl sites for hydroxylation is 1. The first-order valence-corrected chi connectivity index (χ1v) is 8.66. The Labute approximate surface area is 151 Å². The van der Waals surface area contributed by atoms with Gasteiger partial charge < -0.3 is 19.3 Å². The maximum atomic E-state index is 12.2. The summed E-state index contributed by atoms with van der Waals surface area (Å²) in [7, 11) is 1.87. The average molecular weight is 367 g/mol. The molecule has 0 unspecified atom stereocenters. The number of nitrogens with zero attached hydrogens (tertiary/aromatic N) is 4. The van der Waals surface area contributed by atoms with E-state index in [-0.39, 0.29) is 6.09 Å². The zero-order valence-corrected chi connectivity index (χ0v) is 15.7. The molecule has 1 amide bonds. The van der Waals surface area contributed by atoms with Gasteiger partial charge in [0.05, 0.1) is 11.2 Å². The lowest BCUT2D eigenvalue weighted by molar-refractivity contribution is -0.0394. The minimum atomic E-state index is -1.03. The van der Waals surface area contributed by atoms with Crippen LogP contribution in [0, 0.1) is 0 Å². The number of carbonyl (C=O) groups is 1. The second-order valence-electron chi connectivity index (χ2n) is 7.53. The van der Waals surface area contributed by atoms with Crippen LogP contribution >= 0.6 is 11.6 Å². The minimum Gasteiger partial charge on any atom is -0.444 e. The molecule has 0 bridgehead atoms. The van der Waals surface area contributed by atoms with Crippen LogP contribution in [0.25, 0.3) is 11.0 Å². The Balaban J connectivity index is 1.79. The van der Waals surface area contributed by atoms with Gasteiger partial charge in [0.25, 0.3) is 0 Å². The summed E-state index contributed by atoms with van der Waals surface area (Å²) in [5.74, 6) is 0. The zero-order chi connectivity index (χ0) is 18.4. The smallest absolute Gasteiger partial charge is 0.410 e. The molecule has 2 aromatic rings. The SMILES string of the molecule is Cn1c(C2(O)CCN(C(=O)OC(C)(C)C)CC2)cc2nnc(Cl)cc21. The summed E-state index contributed by atoms with van der Waals surface area (Å²) in [5, 5.41) is 19.4. The minimum absolute atomic E-state index is 0.312. The lowest BCUT2D eigenvalue weighted by atomic mass is 9.88. The van der Waals surface area contributed by atoms with Gasteiger partial charge in [0.1, 0.15) is 16.7 Å². The van der Waals surface area contributed by atoms with Crippen LogP contribution in [-0.4, -0.2) is 49.6 Å². The molecular formula is C17H23ClN4O3. The first kappa shape index (κ1) is 17.9. The van der Waals surface area contributed by atoms with Crippen LogP contribution in [0.1, 0.15) is 39.3 Å². The summed E-state index contributed by atoms with van der Waals surface area (Å²) >= 11 is 5.92. The predicted octanol–water partition coefficient (Wildman–Crippen LogP) is 2.84. The van der Waals surface area contributed by atoms with Crippen molar-refractivity contribution in [2.75, 3.05) is 13.1 Å². The highest BCUT2D eigenvalue weighted by Gasteiger charge is 2.39. The topological polar surface area (TPSA) is 80.5 Å². The van der Waals surface area contributed by atoms with E-state index in [1.807, 2.05) is 38.5 Å². The first-order valence-electron chi connectivity index (χ1n) is 8.28. The zero-order valence-electron chi connectivity index (χ0n) is 14.9. The van der Waals surface area contributed by atoms with Gasteiger partial charge in [0.2, 0.25) is 0 Å². The van der Waals surface area contributed by atoms with Crippen LogP contribution < -0.4 is 0 Å². The number of amides is 1. The van der Waals surface area contributed by atoms with Crippen molar-refractivity contribution < 1.29 is 14.6 Å². The molecule has 0 radical (unpaired) electrons. The van der Waals surface area contributed by atoms with E-state index in [0.717, 1.165) is 11.2 Å². The van der Waals surface area contributed by atoms with E-state index >= 15 is 0 Å². The fourth-order valence-electron chi connectivity index (χ4n) is 3.18. The second-order valence-corrected chi connectivity index (χ2v) is 7.91. The Kier molecular flexibility index (Phi) is 4.41. The fourth-order valence-corrected chi connectivity index (χ4v) is 3.33. The normalized spacial score (nSPS) is 17.8. The number of halogens is 1. The van der Waals surface area contributed by atoms with Crippen LogP contribution in [0.2, 0.25) is 5.15 Å². The molecule has 2 aromatic heterocycles. The Morgan fingerprint density at radius 1 is 1.28 bits per heavy atom. The molecule has 0 atom stereocenters. The van der Waals surface area contributed by atoms with Gasteiger partial charge in [0, 0.05) is 26.2 Å². The monoisotopic (exact) mass is 366 g/mol. The van der Waals surface area contributed by atoms with E-state index in [0.29, 0.717) is 36.6 Å². The largest absolute Gasteiger partial charge is 0.444 e. The van der Waals surface area contributed by atoms with Crippen LogP contribution in [0.5, 0.6) is 0 Å². The van der Waals surface area contributed by atoms with E-state index in [9.17, 15) is 9.90 Å². The summed E-state index contributed by atoms with van der Waals surface area (Å²) in [5.41, 5.74) is 0.699. The van der Waals surface area contributed by atoms with E-state index in [1.165, 1.54) is 0 Å². The number of rotatable bonds is 1. The molecule has 0 saturated carbocycles. The number of ether oxygens (including phenoxy) is 1. The van der Waals surface area contributed by atoms with Gasteiger partial charge in [-0.05, 0) is 39.7 Å². The molecule has 1 aliphatic rings. The molecule has 1 N–H and O–H groups in total. The third kappa shape index (κ3) is 3.57. The van der Waals surface area contributed by atoms with Gasteiger partial charge in [-0.2, -0.15) is 0 Å². The molecule has 3 rings (SSSR count).